The normalized spacial score (nSPS) is 17.6. The molecule has 1 fully saturated rings. The lowest BCUT2D eigenvalue weighted by Gasteiger charge is -2.23. The fraction of sp³-hybridized carbons (Fsp3) is 0.259. The number of fused-ring (bicyclic) bond motifs is 1. The van der Waals surface area contributed by atoms with Crippen LogP contribution in [0.4, 0.5) is 0 Å². The number of hydrogen-bond acceptors (Lipinski definition) is 3. The summed E-state index contributed by atoms with van der Waals surface area (Å²) in [5, 5.41) is 6.85. The first kappa shape index (κ1) is 19.9. The molecule has 3 aromatic carbocycles. The van der Waals surface area contributed by atoms with Gasteiger partial charge in [-0.05, 0) is 34.9 Å². The van der Waals surface area contributed by atoms with Crippen molar-refractivity contribution < 1.29 is 9.47 Å². The van der Waals surface area contributed by atoms with Crippen molar-refractivity contribution in [3.05, 3.63) is 84.6 Å². The van der Waals surface area contributed by atoms with Gasteiger partial charge in [0, 0.05) is 30.2 Å². The number of benzene rings is 3. The van der Waals surface area contributed by atoms with Gasteiger partial charge in [-0.1, -0.05) is 61.2 Å². The monoisotopic (exact) mass is 412 g/mol. The topological polar surface area (TPSA) is 35.4 Å². The minimum Gasteiger partial charge on any atom is -0.489 e. The number of aromatic nitrogens is 1. The molecule has 31 heavy (non-hydrogen) atoms. The van der Waals surface area contributed by atoms with E-state index in [4.69, 9.17) is 9.47 Å². The van der Waals surface area contributed by atoms with E-state index in [0.29, 0.717) is 12.6 Å². The first-order valence-corrected chi connectivity index (χ1v) is 11.0. The van der Waals surface area contributed by atoms with Gasteiger partial charge < -0.3 is 19.4 Å². The van der Waals surface area contributed by atoms with Crippen LogP contribution < -0.4 is 10.1 Å². The van der Waals surface area contributed by atoms with Crippen LogP contribution in [0.2, 0.25) is 0 Å². The van der Waals surface area contributed by atoms with E-state index >= 15 is 0 Å². The zero-order chi connectivity index (χ0) is 21.2. The average molecular weight is 413 g/mol. The number of hydrogen-bond donors (Lipinski definition) is 1. The van der Waals surface area contributed by atoms with Crippen molar-refractivity contribution in [3.8, 4) is 5.75 Å². The minimum atomic E-state index is 0.325. The van der Waals surface area contributed by atoms with Gasteiger partial charge in [-0.2, -0.15) is 0 Å². The molecule has 4 heteroatoms. The summed E-state index contributed by atoms with van der Waals surface area (Å²) >= 11 is 0. The lowest BCUT2D eigenvalue weighted by molar-refractivity contribution is 0.109. The standard InChI is InChI=1S/C23H19NO.C4H9NO/c1-15-14-25-22-12-6-11-20-21(13-24(15)23(20)22)16(2)18-10-5-8-17-7-3-4-9-19(17)18;1-3-6-4-2-5-1/h3-13,15H,2,14H2,1H3;5H,1-4H2. The molecular formula is C27H28N2O2. The van der Waals surface area contributed by atoms with Crippen molar-refractivity contribution in [2.45, 2.75) is 13.0 Å². The highest BCUT2D eigenvalue weighted by Crippen LogP contribution is 2.40. The molecule has 1 unspecified atom stereocenters. The van der Waals surface area contributed by atoms with Crippen molar-refractivity contribution >= 4 is 27.2 Å². The Morgan fingerprint density at radius 3 is 2.45 bits per heavy atom. The second kappa shape index (κ2) is 8.58. The summed E-state index contributed by atoms with van der Waals surface area (Å²) in [6.45, 7) is 11.2. The molecule has 1 saturated heterocycles. The van der Waals surface area contributed by atoms with E-state index in [0.717, 1.165) is 37.6 Å². The van der Waals surface area contributed by atoms with Crippen LogP contribution >= 0.6 is 0 Å². The van der Waals surface area contributed by atoms with Crippen LogP contribution in [0.15, 0.2) is 73.4 Å². The molecule has 4 nitrogen and oxygen atoms in total. The molecular weight excluding hydrogens is 384 g/mol. The van der Waals surface area contributed by atoms with Crippen LogP contribution in [0.1, 0.15) is 24.1 Å². The third-order valence-electron chi connectivity index (χ3n) is 6.06. The van der Waals surface area contributed by atoms with Gasteiger partial charge in [-0.25, -0.2) is 0 Å². The van der Waals surface area contributed by atoms with Gasteiger partial charge in [0.05, 0.1) is 24.8 Å². The third-order valence-corrected chi connectivity index (χ3v) is 6.06. The number of morpholine rings is 1. The Hall–Kier alpha value is -3.08. The summed E-state index contributed by atoms with van der Waals surface area (Å²) < 4.78 is 13.3. The number of rotatable bonds is 2. The zero-order valence-corrected chi connectivity index (χ0v) is 17.9. The molecule has 0 saturated carbocycles. The summed E-state index contributed by atoms with van der Waals surface area (Å²) in [6.07, 6.45) is 2.24. The van der Waals surface area contributed by atoms with Gasteiger partial charge in [-0.15, -0.1) is 0 Å². The third kappa shape index (κ3) is 3.73. The molecule has 2 aliphatic rings. The molecule has 0 radical (unpaired) electrons. The Morgan fingerprint density at radius 2 is 1.68 bits per heavy atom. The summed E-state index contributed by atoms with van der Waals surface area (Å²) in [7, 11) is 0. The van der Waals surface area contributed by atoms with Crippen molar-refractivity contribution in [2.24, 2.45) is 0 Å². The van der Waals surface area contributed by atoms with E-state index in [2.05, 4.69) is 90.2 Å². The molecule has 0 aliphatic carbocycles. The molecule has 0 bridgehead atoms. The average Bonchev–Trinajstić information content (AvgIpc) is 3.24. The molecule has 158 valence electrons. The summed E-state index contributed by atoms with van der Waals surface area (Å²) in [6, 6.07) is 21.5. The Morgan fingerprint density at radius 1 is 0.935 bits per heavy atom. The fourth-order valence-corrected chi connectivity index (χ4v) is 4.42. The Kier molecular flexibility index (Phi) is 5.49. The number of nitrogens with zero attached hydrogens (tertiary/aromatic N) is 1. The van der Waals surface area contributed by atoms with Gasteiger partial charge in [0.2, 0.25) is 0 Å². The molecule has 1 atom stereocenters. The van der Waals surface area contributed by atoms with Crippen molar-refractivity contribution in [2.75, 3.05) is 32.9 Å². The van der Waals surface area contributed by atoms with Gasteiger partial charge in [0.15, 0.2) is 0 Å². The molecule has 1 aromatic heterocycles. The molecule has 2 aliphatic heterocycles. The SMILES string of the molecule is C1COCCN1.C=C(c1cccc2ccccc12)c1cn2c3c(cccc13)OCC2C. The van der Waals surface area contributed by atoms with E-state index in [1.807, 2.05) is 0 Å². The summed E-state index contributed by atoms with van der Waals surface area (Å²) in [4.78, 5) is 0. The molecule has 3 heterocycles. The number of nitrogens with one attached hydrogen (secondary N) is 1. The van der Waals surface area contributed by atoms with E-state index in [1.165, 1.54) is 32.8 Å². The molecule has 1 N–H and O–H groups in total. The lowest BCUT2D eigenvalue weighted by atomic mass is 9.94. The smallest absolute Gasteiger partial charge is 0.143 e. The van der Waals surface area contributed by atoms with E-state index in [1.54, 1.807) is 0 Å². The van der Waals surface area contributed by atoms with Crippen LogP contribution in [0, 0.1) is 0 Å². The summed E-state index contributed by atoms with van der Waals surface area (Å²) in [5.41, 5.74) is 4.62. The first-order valence-electron chi connectivity index (χ1n) is 11.0. The second-order valence-corrected chi connectivity index (χ2v) is 8.13. The van der Waals surface area contributed by atoms with E-state index in [-0.39, 0.29) is 0 Å². The second-order valence-electron chi connectivity index (χ2n) is 8.13. The number of ether oxygens (including phenoxy) is 2. The van der Waals surface area contributed by atoms with Crippen LogP contribution in [-0.4, -0.2) is 37.5 Å². The van der Waals surface area contributed by atoms with E-state index < -0.39 is 0 Å². The molecule has 4 aromatic rings. The van der Waals surface area contributed by atoms with Crippen LogP contribution in [0.25, 0.3) is 27.2 Å². The fourth-order valence-electron chi connectivity index (χ4n) is 4.42. The van der Waals surface area contributed by atoms with Gasteiger partial charge in [0.25, 0.3) is 0 Å². The quantitative estimate of drug-likeness (QED) is 0.478. The first-order chi connectivity index (χ1) is 15.2. The highest BCUT2D eigenvalue weighted by molar-refractivity contribution is 6.04. The van der Waals surface area contributed by atoms with Gasteiger partial charge in [-0.3, -0.25) is 0 Å². The molecule has 0 spiro atoms. The highest BCUT2D eigenvalue weighted by Gasteiger charge is 2.23. The maximum Gasteiger partial charge on any atom is 0.143 e. The predicted molar refractivity (Wildman–Crippen MR) is 128 cm³/mol. The predicted octanol–water partition coefficient (Wildman–Crippen LogP) is 5.42. The van der Waals surface area contributed by atoms with Crippen molar-refractivity contribution in [1.82, 2.24) is 9.88 Å². The Bertz CT molecular complexity index is 1220. The molecule has 0 amide bonds. The van der Waals surface area contributed by atoms with Crippen LogP contribution in [0.5, 0.6) is 5.75 Å². The zero-order valence-electron chi connectivity index (χ0n) is 17.9. The number of para-hydroxylation sites is 1. The maximum atomic E-state index is 5.93. The Balaban J connectivity index is 0.000000296. The molecule has 6 rings (SSSR count). The van der Waals surface area contributed by atoms with Gasteiger partial charge in [0.1, 0.15) is 12.4 Å². The van der Waals surface area contributed by atoms with Gasteiger partial charge >= 0.3 is 0 Å². The lowest BCUT2D eigenvalue weighted by Crippen LogP contribution is -2.30. The van der Waals surface area contributed by atoms with Crippen molar-refractivity contribution in [1.29, 1.82) is 0 Å². The maximum absolute atomic E-state index is 5.93. The highest BCUT2D eigenvalue weighted by atomic mass is 16.5. The minimum absolute atomic E-state index is 0.325. The van der Waals surface area contributed by atoms with Crippen LogP contribution in [-0.2, 0) is 4.74 Å². The van der Waals surface area contributed by atoms with Crippen LogP contribution in [0.3, 0.4) is 0 Å². The van der Waals surface area contributed by atoms with E-state index in [9.17, 15) is 0 Å². The largest absolute Gasteiger partial charge is 0.489 e. The Labute approximate surface area is 183 Å². The summed E-state index contributed by atoms with van der Waals surface area (Å²) in [5.74, 6) is 0.965. The van der Waals surface area contributed by atoms with Crippen molar-refractivity contribution in [3.63, 3.8) is 0 Å².